The molecule has 1 aliphatic rings. The van der Waals surface area contributed by atoms with Gasteiger partial charge in [-0.05, 0) is 38.3 Å². The third kappa shape index (κ3) is 4.76. The summed E-state index contributed by atoms with van der Waals surface area (Å²) in [5.41, 5.74) is 1.21. The van der Waals surface area contributed by atoms with E-state index in [4.69, 9.17) is 4.74 Å². The third-order valence-electron chi connectivity index (χ3n) is 3.57. The van der Waals surface area contributed by atoms with E-state index in [2.05, 4.69) is 17.6 Å². The van der Waals surface area contributed by atoms with Crippen LogP contribution in [0.25, 0.3) is 0 Å². The van der Waals surface area contributed by atoms with E-state index in [1.165, 1.54) is 0 Å². The lowest BCUT2D eigenvalue weighted by Gasteiger charge is -2.15. The molecule has 5 heteroatoms. The van der Waals surface area contributed by atoms with Crippen molar-refractivity contribution in [2.45, 2.75) is 51.7 Å². The Morgan fingerprint density at radius 3 is 2.73 bits per heavy atom. The van der Waals surface area contributed by atoms with Gasteiger partial charge >= 0.3 is 5.97 Å². The van der Waals surface area contributed by atoms with Gasteiger partial charge in [0.15, 0.2) is 6.10 Å². The van der Waals surface area contributed by atoms with Crippen molar-refractivity contribution >= 4 is 17.6 Å². The lowest BCUT2D eigenvalue weighted by Crippen LogP contribution is -2.37. The highest BCUT2D eigenvalue weighted by Gasteiger charge is 2.27. The Kier molecular flexibility index (Phi) is 5.81. The summed E-state index contributed by atoms with van der Waals surface area (Å²) in [5, 5.41) is 6.07. The number of para-hydroxylation sites is 1. The van der Waals surface area contributed by atoms with Crippen LogP contribution >= 0.6 is 0 Å². The molecule has 0 radical (unpaired) electrons. The maximum Gasteiger partial charge on any atom is 0.341 e. The largest absolute Gasteiger partial charge is 0.449 e. The first kappa shape index (κ1) is 16.3. The maximum atomic E-state index is 12.3. The van der Waals surface area contributed by atoms with Crippen molar-refractivity contribution in [2.75, 3.05) is 11.9 Å². The molecule has 0 aromatic heterocycles. The van der Waals surface area contributed by atoms with Crippen LogP contribution in [0.5, 0.6) is 0 Å². The number of rotatable bonds is 8. The summed E-state index contributed by atoms with van der Waals surface area (Å²) in [6, 6.07) is 7.48. The highest BCUT2D eigenvalue weighted by Crippen LogP contribution is 2.20. The Labute approximate surface area is 131 Å². The highest BCUT2D eigenvalue weighted by atomic mass is 16.5. The molecule has 0 spiro atoms. The van der Waals surface area contributed by atoms with Crippen molar-refractivity contribution in [1.29, 1.82) is 0 Å². The average Bonchev–Trinajstić information content (AvgIpc) is 3.31. The molecule has 1 aromatic rings. The molecule has 1 aromatic carbocycles. The number of hydrogen-bond acceptors (Lipinski definition) is 4. The molecule has 0 aliphatic heterocycles. The molecular weight excluding hydrogens is 280 g/mol. The van der Waals surface area contributed by atoms with E-state index in [-0.39, 0.29) is 11.9 Å². The SMILES string of the molecule is CCCCNc1ccccc1C(=O)O[C@@H](C)C(=O)NC1CC1. The minimum atomic E-state index is -0.781. The zero-order valence-electron chi connectivity index (χ0n) is 13.2. The molecule has 22 heavy (non-hydrogen) atoms. The van der Waals surface area contributed by atoms with Gasteiger partial charge in [0.25, 0.3) is 5.91 Å². The van der Waals surface area contributed by atoms with Gasteiger partial charge in [-0.1, -0.05) is 25.5 Å². The number of benzene rings is 1. The number of unbranched alkanes of at least 4 members (excludes halogenated alkanes) is 1. The van der Waals surface area contributed by atoms with Crippen LogP contribution in [-0.2, 0) is 9.53 Å². The zero-order valence-corrected chi connectivity index (χ0v) is 13.2. The molecule has 0 unspecified atom stereocenters. The van der Waals surface area contributed by atoms with E-state index in [1.54, 1.807) is 19.1 Å². The molecule has 0 saturated heterocycles. The summed E-state index contributed by atoms with van der Waals surface area (Å²) < 4.78 is 5.28. The fourth-order valence-corrected chi connectivity index (χ4v) is 2.04. The smallest absolute Gasteiger partial charge is 0.341 e. The number of carbonyl (C=O) groups excluding carboxylic acids is 2. The summed E-state index contributed by atoms with van der Waals surface area (Å²) in [4.78, 5) is 24.1. The van der Waals surface area contributed by atoms with Crippen molar-refractivity contribution in [3.05, 3.63) is 29.8 Å². The molecule has 5 nitrogen and oxygen atoms in total. The van der Waals surface area contributed by atoms with E-state index in [0.29, 0.717) is 5.56 Å². The quantitative estimate of drug-likeness (QED) is 0.572. The molecular formula is C17H24N2O3. The van der Waals surface area contributed by atoms with Gasteiger partial charge in [-0.15, -0.1) is 0 Å². The second kappa shape index (κ2) is 7.82. The van der Waals surface area contributed by atoms with Gasteiger partial charge in [0, 0.05) is 18.3 Å². The standard InChI is InChI=1S/C17H24N2O3/c1-3-4-11-18-15-8-6-5-7-14(15)17(21)22-12(2)16(20)19-13-9-10-13/h5-8,12-13,18H,3-4,9-11H2,1-2H3,(H,19,20)/t12-/m0/s1. The predicted octanol–water partition coefficient (Wildman–Crippen LogP) is 2.72. The number of anilines is 1. The number of carbonyl (C=O) groups is 2. The lowest BCUT2D eigenvalue weighted by atomic mass is 10.1. The van der Waals surface area contributed by atoms with Crippen LogP contribution in [0.15, 0.2) is 24.3 Å². The third-order valence-corrected chi connectivity index (χ3v) is 3.57. The van der Waals surface area contributed by atoms with Gasteiger partial charge in [0.05, 0.1) is 5.56 Å². The monoisotopic (exact) mass is 304 g/mol. The Morgan fingerprint density at radius 2 is 2.05 bits per heavy atom. The fourth-order valence-electron chi connectivity index (χ4n) is 2.04. The van der Waals surface area contributed by atoms with Crippen LogP contribution in [0.3, 0.4) is 0 Å². The van der Waals surface area contributed by atoms with Crippen molar-refractivity contribution in [3.8, 4) is 0 Å². The summed E-state index contributed by atoms with van der Waals surface area (Å²) >= 11 is 0. The molecule has 0 heterocycles. The zero-order chi connectivity index (χ0) is 15.9. The van der Waals surface area contributed by atoms with E-state index >= 15 is 0 Å². The second-order valence-corrected chi connectivity index (χ2v) is 5.66. The predicted molar refractivity (Wildman–Crippen MR) is 85.9 cm³/mol. The minimum absolute atomic E-state index is 0.229. The molecule has 120 valence electrons. The highest BCUT2D eigenvalue weighted by molar-refractivity contribution is 5.97. The normalized spacial score (nSPS) is 15.0. The Bertz CT molecular complexity index is 526. The van der Waals surface area contributed by atoms with Gasteiger partial charge < -0.3 is 15.4 Å². The molecule has 2 N–H and O–H groups in total. The van der Waals surface area contributed by atoms with E-state index in [1.807, 2.05) is 12.1 Å². The molecule has 1 amide bonds. The molecule has 1 saturated carbocycles. The first-order chi connectivity index (χ1) is 10.6. The number of nitrogens with one attached hydrogen (secondary N) is 2. The maximum absolute atomic E-state index is 12.3. The summed E-state index contributed by atoms with van der Waals surface area (Å²) in [6.07, 6.45) is 3.35. The van der Waals surface area contributed by atoms with Crippen LogP contribution < -0.4 is 10.6 Å². The Hall–Kier alpha value is -2.04. The summed E-state index contributed by atoms with van der Waals surface area (Å²) in [5.74, 6) is -0.703. The molecule has 2 rings (SSSR count). The van der Waals surface area contributed by atoms with Crippen LogP contribution in [0.2, 0.25) is 0 Å². The minimum Gasteiger partial charge on any atom is -0.449 e. The van der Waals surface area contributed by atoms with Crippen LogP contribution in [0.1, 0.15) is 49.9 Å². The van der Waals surface area contributed by atoms with Crippen molar-refractivity contribution in [1.82, 2.24) is 5.32 Å². The first-order valence-electron chi connectivity index (χ1n) is 7.96. The molecule has 0 bridgehead atoms. The fraction of sp³-hybridized carbons (Fsp3) is 0.529. The van der Waals surface area contributed by atoms with E-state index < -0.39 is 12.1 Å². The van der Waals surface area contributed by atoms with Crippen LogP contribution in [0, 0.1) is 0 Å². The van der Waals surface area contributed by atoms with Gasteiger partial charge in [-0.3, -0.25) is 4.79 Å². The topological polar surface area (TPSA) is 67.4 Å². The average molecular weight is 304 g/mol. The van der Waals surface area contributed by atoms with E-state index in [9.17, 15) is 9.59 Å². The van der Waals surface area contributed by atoms with Crippen molar-refractivity contribution < 1.29 is 14.3 Å². The van der Waals surface area contributed by atoms with E-state index in [0.717, 1.165) is 37.9 Å². The molecule has 1 atom stereocenters. The van der Waals surface area contributed by atoms with Crippen LogP contribution in [-0.4, -0.2) is 30.6 Å². The van der Waals surface area contributed by atoms with Gasteiger partial charge in [0.2, 0.25) is 0 Å². The van der Waals surface area contributed by atoms with Crippen molar-refractivity contribution in [2.24, 2.45) is 0 Å². The number of amides is 1. The molecule has 1 fully saturated rings. The van der Waals surface area contributed by atoms with Gasteiger partial charge in [-0.2, -0.15) is 0 Å². The Morgan fingerprint density at radius 1 is 1.32 bits per heavy atom. The van der Waals surface area contributed by atoms with Gasteiger partial charge in [-0.25, -0.2) is 4.79 Å². The number of hydrogen-bond donors (Lipinski definition) is 2. The number of esters is 1. The second-order valence-electron chi connectivity index (χ2n) is 5.66. The lowest BCUT2D eigenvalue weighted by molar-refractivity contribution is -0.129. The summed E-state index contributed by atoms with van der Waals surface area (Å²) in [7, 11) is 0. The van der Waals surface area contributed by atoms with Gasteiger partial charge in [0.1, 0.15) is 0 Å². The van der Waals surface area contributed by atoms with Crippen molar-refractivity contribution in [3.63, 3.8) is 0 Å². The number of ether oxygens (including phenoxy) is 1. The van der Waals surface area contributed by atoms with Crippen LogP contribution in [0.4, 0.5) is 5.69 Å². The Balaban J connectivity index is 1.94. The summed E-state index contributed by atoms with van der Waals surface area (Å²) in [6.45, 7) is 4.52. The first-order valence-corrected chi connectivity index (χ1v) is 7.96. The molecule has 1 aliphatic carbocycles.